The van der Waals surface area contributed by atoms with E-state index in [0.717, 1.165) is 57.8 Å². The van der Waals surface area contributed by atoms with Crippen LogP contribution in [0.15, 0.2) is 0 Å². The molecule has 0 bridgehead atoms. The van der Waals surface area contributed by atoms with Crippen LogP contribution in [-0.4, -0.2) is 155 Å². The van der Waals surface area contributed by atoms with E-state index in [0.29, 0.717) is 91.2 Å². The minimum atomic E-state index is -0.505. The molecule has 0 rings (SSSR count). The van der Waals surface area contributed by atoms with E-state index in [-0.39, 0.29) is 38.0 Å². The molecule has 0 aliphatic rings. The minimum absolute atomic E-state index is 0.0106. The Bertz CT molecular complexity index is 938. The van der Waals surface area contributed by atoms with Crippen LogP contribution in [0.4, 0.5) is 0 Å². The van der Waals surface area contributed by atoms with Gasteiger partial charge in [0.1, 0.15) is 0 Å². The lowest BCUT2D eigenvalue weighted by atomic mass is 10.1. The number of nitrogens with zero attached hydrogens (tertiary/aromatic N) is 3. The molecule has 0 saturated heterocycles. The Morgan fingerprint density at radius 3 is 1.10 bits per heavy atom. The van der Waals surface area contributed by atoms with Gasteiger partial charge in [-0.15, -0.1) is 0 Å². The Labute approximate surface area is 374 Å². The summed E-state index contributed by atoms with van der Waals surface area (Å²) in [6, 6.07) is 0. The summed E-state index contributed by atoms with van der Waals surface area (Å²) in [6.45, 7) is 13.9. The number of unbranched alkanes of at least 4 members (excludes halogenated alkanes) is 15. The van der Waals surface area contributed by atoms with Gasteiger partial charge in [-0.1, -0.05) is 136 Å². The standard InChI is InChI=1S/C49H99N3O9/c1-5-8-11-14-17-20-27-45(55)41-51(40-44(4)54)34-25-38-60-48(58)30-23-32-50(36-37-53)33-24-31-49(59)61-39-26-35-52(42-46(56)28-21-18-15-12-9-6-2)43-47(57)29-22-19-16-13-10-7-3/h44-47,53-57H,5-43H2,1-4H3. The van der Waals surface area contributed by atoms with Gasteiger partial charge in [-0.2, -0.15) is 0 Å². The van der Waals surface area contributed by atoms with Gasteiger partial charge in [0.25, 0.3) is 0 Å². The topological polar surface area (TPSA) is 163 Å². The second-order valence-corrected chi connectivity index (χ2v) is 17.9. The Morgan fingerprint density at radius 1 is 0.426 bits per heavy atom. The van der Waals surface area contributed by atoms with E-state index in [4.69, 9.17) is 9.47 Å². The molecule has 0 aliphatic carbocycles. The third kappa shape index (κ3) is 41.1. The summed E-state index contributed by atoms with van der Waals surface area (Å²) in [5, 5.41) is 51.7. The van der Waals surface area contributed by atoms with Crippen molar-refractivity contribution in [3.05, 3.63) is 0 Å². The Balaban J connectivity index is 4.51. The van der Waals surface area contributed by atoms with Crippen molar-refractivity contribution in [3.8, 4) is 0 Å². The Hall–Kier alpha value is -1.38. The van der Waals surface area contributed by atoms with Crippen LogP contribution in [-0.2, 0) is 19.1 Å². The summed E-state index contributed by atoms with van der Waals surface area (Å²) in [4.78, 5) is 31.3. The molecule has 0 radical (unpaired) electrons. The smallest absolute Gasteiger partial charge is 0.305 e. The molecule has 4 atom stereocenters. The first-order valence-corrected chi connectivity index (χ1v) is 25.4. The highest BCUT2D eigenvalue weighted by molar-refractivity contribution is 5.69. The third-order valence-corrected chi connectivity index (χ3v) is 11.5. The summed E-state index contributed by atoms with van der Waals surface area (Å²) >= 11 is 0. The zero-order chi connectivity index (χ0) is 45.2. The highest BCUT2D eigenvalue weighted by Gasteiger charge is 2.17. The Morgan fingerprint density at radius 2 is 0.754 bits per heavy atom. The molecular formula is C49H99N3O9. The van der Waals surface area contributed by atoms with Crippen molar-refractivity contribution < 1.29 is 44.6 Å². The van der Waals surface area contributed by atoms with Crippen LogP contribution < -0.4 is 0 Å². The molecule has 0 heterocycles. The van der Waals surface area contributed by atoms with Gasteiger partial charge in [0.2, 0.25) is 0 Å². The summed E-state index contributed by atoms with van der Waals surface area (Å²) in [5.41, 5.74) is 0. The van der Waals surface area contributed by atoms with Gasteiger partial charge in [-0.3, -0.25) is 19.4 Å². The predicted octanol–water partition coefficient (Wildman–Crippen LogP) is 8.03. The molecule has 0 aromatic carbocycles. The molecule has 0 aromatic rings. The number of hydrogen-bond acceptors (Lipinski definition) is 12. The predicted molar refractivity (Wildman–Crippen MR) is 250 cm³/mol. The number of carbonyl (C=O) groups excluding carboxylic acids is 2. The quantitative estimate of drug-likeness (QED) is 0.0296. The minimum Gasteiger partial charge on any atom is -0.466 e. The van der Waals surface area contributed by atoms with E-state index in [1.807, 2.05) is 4.90 Å². The lowest BCUT2D eigenvalue weighted by molar-refractivity contribution is -0.144. The molecule has 0 spiro atoms. The van der Waals surface area contributed by atoms with Crippen LogP contribution in [0.5, 0.6) is 0 Å². The van der Waals surface area contributed by atoms with Crippen molar-refractivity contribution in [2.24, 2.45) is 0 Å². The third-order valence-electron chi connectivity index (χ3n) is 11.5. The maximum Gasteiger partial charge on any atom is 0.305 e. The number of carbonyl (C=O) groups is 2. The largest absolute Gasteiger partial charge is 0.466 e. The van der Waals surface area contributed by atoms with Crippen LogP contribution in [0, 0.1) is 0 Å². The summed E-state index contributed by atoms with van der Waals surface area (Å²) < 4.78 is 11.0. The molecule has 5 N–H and O–H groups in total. The van der Waals surface area contributed by atoms with Gasteiger partial charge in [-0.25, -0.2) is 0 Å². The number of ether oxygens (including phenoxy) is 2. The van der Waals surface area contributed by atoms with Crippen molar-refractivity contribution in [1.82, 2.24) is 14.7 Å². The molecule has 0 fully saturated rings. The fraction of sp³-hybridized carbons (Fsp3) is 0.959. The number of hydrogen-bond donors (Lipinski definition) is 5. The molecule has 12 nitrogen and oxygen atoms in total. The molecule has 0 saturated carbocycles. The highest BCUT2D eigenvalue weighted by atomic mass is 16.5. The van der Waals surface area contributed by atoms with Crippen molar-refractivity contribution in [2.75, 3.05) is 78.7 Å². The Kier molecular flexibility index (Phi) is 42.9. The lowest BCUT2D eigenvalue weighted by Crippen LogP contribution is -2.39. The first kappa shape index (κ1) is 59.6. The summed E-state index contributed by atoms with van der Waals surface area (Å²) in [7, 11) is 0. The second kappa shape index (κ2) is 43.9. The van der Waals surface area contributed by atoms with Crippen molar-refractivity contribution in [2.45, 2.75) is 225 Å². The first-order valence-electron chi connectivity index (χ1n) is 25.4. The van der Waals surface area contributed by atoms with Crippen molar-refractivity contribution in [3.63, 3.8) is 0 Å². The second-order valence-electron chi connectivity index (χ2n) is 17.9. The normalized spacial score (nSPS) is 13.9. The van der Waals surface area contributed by atoms with E-state index in [2.05, 4.69) is 30.6 Å². The van der Waals surface area contributed by atoms with Crippen LogP contribution in [0.3, 0.4) is 0 Å². The molecule has 61 heavy (non-hydrogen) atoms. The summed E-state index contributed by atoms with van der Waals surface area (Å²) in [5.74, 6) is -0.527. The molecule has 12 heteroatoms. The molecular weight excluding hydrogens is 775 g/mol. The van der Waals surface area contributed by atoms with Gasteiger partial charge in [0.15, 0.2) is 0 Å². The van der Waals surface area contributed by atoms with E-state index in [1.165, 1.54) is 77.0 Å². The molecule has 364 valence electrons. The van der Waals surface area contributed by atoms with E-state index in [9.17, 15) is 35.1 Å². The summed E-state index contributed by atoms with van der Waals surface area (Å²) in [6.07, 6.45) is 24.7. The number of esters is 2. The number of aliphatic hydroxyl groups is 5. The van der Waals surface area contributed by atoms with E-state index >= 15 is 0 Å². The number of rotatable bonds is 47. The monoisotopic (exact) mass is 874 g/mol. The number of aliphatic hydroxyl groups excluding tert-OH is 5. The lowest BCUT2D eigenvalue weighted by Gasteiger charge is -2.27. The molecule has 0 amide bonds. The van der Waals surface area contributed by atoms with Gasteiger partial charge >= 0.3 is 11.9 Å². The molecule has 4 unspecified atom stereocenters. The van der Waals surface area contributed by atoms with Gasteiger partial charge in [0.05, 0.1) is 44.2 Å². The average Bonchev–Trinajstić information content (AvgIpc) is 3.21. The SMILES string of the molecule is CCCCCCCCC(O)CN(CCCOC(=O)CCCN(CCO)CCCC(=O)OCCCN(CC(O)CCCCCCCC)CC(O)CCCCCCCC)CC(C)O. The maximum atomic E-state index is 12.6. The van der Waals surface area contributed by atoms with Gasteiger partial charge < -0.3 is 39.9 Å². The first-order chi connectivity index (χ1) is 29.5. The van der Waals surface area contributed by atoms with Crippen molar-refractivity contribution >= 4 is 11.9 Å². The molecule has 0 aliphatic heterocycles. The van der Waals surface area contributed by atoms with Crippen molar-refractivity contribution in [1.29, 1.82) is 0 Å². The zero-order valence-corrected chi connectivity index (χ0v) is 40.1. The highest BCUT2D eigenvalue weighted by Crippen LogP contribution is 2.14. The van der Waals surface area contributed by atoms with E-state index < -0.39 is 24.4 Å². The van der Waals surface area contributed by atoms with Crippen LogP contribution in [0.25, 0.3) is 0 Å². The molecule has 0 aromatic heterocycles. The maximum absolute atomic E-state index is 12.6. The van der Waals surface area contributed by atoms with E-state index in [1.54, 1.807) is 6.92 Å². The fourth-order valence-corrected chi connectivity index (χ4v) is 8.00. The zero-order valence-electron chi connectivity index (χ0n) is 40.1. The fourth-order valence-electron chi connectivity index (χ4n) is 8.00. The van der Waals surface area contributed by atoms with Gasteiger partial charge in [0, 0.05) is 58.7 Å². The van der Waals surface area contributed by atoms with Crippen LogP contribution >= 0.6 is 0 Å². The van der Waals surface area contributed by atoms with Crippen LogP contribution in [0.1, 0.15) is 201 Å². The average molecular weight is 874 g/mol. The van der Waals surface area contributed by atoms with Crippen LogP contribution in [0.2, 0.25) is 0 Å². The van der Waals surface area contributed by atoms with Gasteiger partial charge in [-0.05, 0) is 65.0 Å².